The van der Waals surface area contributed by atoms with Gasteiger partial charge in [0, 0.05) is 7.05 Å². The molecule has 0 aliphatic heterocycles. The Morgan fingerprint density at radius 3 is 2.74 bits per heavy atom. The maximum Gasteiger partial charge on any atom is 0.184 e. The molecule has 0 saturated carbocycles. The Morgan fingerprint density at radius 2 is 2.05 bits per heavy atom. The van der Waals surface area contributed by atoms with Crippen LogP contribution in [0.25, 0.3) is 16.9 Å². The van der Waals surface area contributed by atoms with Crippen LogP contribution in [0.4, 0.5) is 0 Å². The summed E-state index contributed by atoms with van der Waals surface area (Å²) in [7, 11) is 1.90. The lowest BCUT2D eigenvalue weighted by atomic mass is 10.2. The number of nitrogens with zero attached hydrogens (tertiary/aromatic N) is 3. The first-order valence-corrected chi connectivity index (χ1v) is 6.69. The lowest BCUT2D eigenvalue weighted by Gasteiger charge is -2.10. The highest BCUT2D eigenvalue weighted by Crippen LogP contribution is 2.28. The fourth-order valence-corrected chi connectivity index (χ4v) is 3.01. The summed E-state index contributed by atoms with van der Waals surface area (Å²) in [4.78, 5) is 3.20. The Labute approximate surface area is 120 Å². The molecule has 2 aromatic heterocycles. The Kier molecular flexibility index (Phi) is 2.76. The molecule has 6 heteroatoms. The van der Waals surface area contributed by atoms with Gasteiger partial charge in [-0.25, -0.2) is 4.68 Å². The van der Waals surface area contributed by atoms with Crippen molar-refractivity contribution in [3.05, 3.63) is 39.3 Å². The Balaban J connectivity index is 2.50. The standard InChI is InChI=1S/C13H13ClN4S/c1-7-5-4-6-9(14)11(7)18-12-10(15-13(18)19)8(2)16-17(12)3/h4-6H,1-3H3,(H,15,19). The summed E-state index contributed by atoms with van der Waals surface area (Å²) < 4.78 is 4.39. The number of imidazole rings is 1. The van der Waals surface area contributed by atoms with E-state index in [-0.39, 0.29) is 0 Å². The Hall–Kier alpha value is -1.59. The first-order chi connectivity index (χ1) is 9.00. The number of rotatable bonds is 1. The highest BCUT2D eigenvalue weighted by Gasteiger charge is 2.16. The number of H-pyrrole nitrogens is 1. The SMILES string of the molecule is Cc1cccc(Cl)c1-n1c(=S)[nH]c2c(C)nn(C)c21. The van der Waals surface area contributed by atoms with Crippen LogP contribution in [0, 0.1) is 18.6 Å². The summed E-state index contributed by atoms with van der Waals surface area (Å²) in [6.45, 7) is 3.97. The van der Waals surface area contributed by atoms with E-state index in [0.717, 1.165) is 28.1 Å². The molecule has 0 fully saturated rings. The molecular formula is C13H13ClN4S. The van der Waals surface area contributed by atoms with Gasteiger partial charge in [-0.3, -0.25) is 4.57 Å². The van der Waals surface area contributed by atoms with E-state index in [1.807, 2.05) is 48.3 Å². The van der Waals surface area contributed by atoms with Crippen molar-refractivity contribution in [3.8, 4) is 5.69 Å². The molecule has 19 heavy (non-hydrogen) atoms. The summed E-state index contributed by atoms with van der Waals surface area (Å²) in [5.41, 5.74) is 4.78. The van der Waals surface area contributed by atoms with Crippen LogP contribution in [0.15, 0.2) is 18.2 Å². The average Bonchev–Trinajstić information content (AvgIpc) is 2.79. The number of fused-ring (bicyclic) bond motifs is 1. The predicted molar refractivity (Wildman–Crippen MR) is 79.7 cm³/mol. The number of aromatic nitrogens is 4. The van der Waals surface area contributed by atoms with Crippen molar-refractivity contribution in [1.29, 1.82) is 0 Å². The second-order valence-electron chi connectivity index (χ2n) is 4.58. The van der Waals surface area contributed by atoms with Gasteiger partial charge in [0.05, 0.1) is 16.4 Å². The van der Waals surface area contributed by atoms with Gasteiger partial charge in [-0.1, -0.05) is 23.7 Å². The number of benzene rings is 1. The van der Waals surface area contributed by atoms with Crippen molar-refractivity contribution in [1.82, 2.24) is 19.3 Å². The first-order valence-electron chi connectivity index (χ1n) is 5.90. The lowest BCUT2D eigenvalue weighted by molar-refractivity contribution is 0.759. The maximum atomic E-state index is 6.34. The fraction of sp³-hybridized carbons (Fsp3) is 0.231. The molecule has 1 aromatic carbocycles. The summed E-state index contributed by atoms with van der Waals surface area (Å²) in [6.07, 6.45) is 0. The highest BCUT2D eigenvalue weighted by atomic mass is 35.5. The molecule has 0 aliphatic rings. The fourth-order valence-electron chi connectivity index (χ4n) is 2.42. The van der Waals surface area contributed by atoms with Gasteiger partial charge >= 0.3 is 0 Å². The summed E-state index contributed by atoms with van der Waals surface area (Å²) in [6, 6.07) is 5.82. The summed E-state index contributed by atoms with van der Waals surface area (Å²) in [5, 5.41) is 5.09. The predicted octanol–water partition coefficient (Wildman–Crippen LogP) is 3.69. The van der Waals surface area contributed by atoms with E-state index in [0.29, 0.717) is 9.79 Å². The van der Waals surface area contributed by atoms with Crippen LogP contribution < -0.4 is 0 Å². The van der Waals surface area contributed by atoms with Crippen LogP contribution in [-0.2, 0) is 7.05 Å². The third-order valence-corrected chi connectivity index (χ3v) is 3.84. The van der Waals surface area contributed by atoms with Crippen LogP contribution >= 0.6 is 23.8 Å². The molecule has 1 N–H and O–H groups in total. The third-order valence-electron chi connectivity index (χ3n) is 3.25. The van der Waals surface area contributed by atoms with Crippen molar-refractivity contribution >= 4 is 35.0 Å². The molecule has 0 aliphatic carbocycles. The Morgan fingerprint density at radius 1 is 1.32 bits per heavy atom. The maximum absolute atomic E-state index is 6.34. The molecule has 0 spiro atoms. The van der Waals surface area contributed by atoms with Crippen LogP contribution in [-0.4, -0.2) is 19.3 Å². The topological polar surface area (TPSA) is 38.5 Å². The third kappa shape index (κ3) is 1.73. The number of aryl methyl sites for hydroxylation is 3. The van der Waals surface area contributed by atoms with Gasteiger partial charge in [0.15, 0.2) is 10.4 Å². The minimum absolute atomic E-state index is 0.627. The monoisotopic (exact) mass is 292 g/mol. The molecule has 3 rings (SSSR count). The van der Waals surface area contributed by atoms with E-state index in [1.165, 1.54) is 0 Å². The highest BCUT2D eigenvalue weighted by molar-refractivity contribution is 7.71. The molecule has 2 heterocycles. The van der Waals surface area contributed by atoms with Crippen molar-refractivity contribution in [2.45, 2.75) is 13.8 Å². The molecule has 4 nitrogen and oxygen atoms in total. The second-order valence-corrected chi connectivity index (χ2v) is 5.37. The van der Waals surface area contributed by atoms with Crippen LogP contribution in [0.2, 0.25) is 5.02 Å². The smallest absolute Gasteiger partial charge is 0.184 e. The lowest BCUT2D eigenvalue weighted by Crippen LogP contribution is -2.03. The number of aromatic amines is 1. The largest absolute Gasteiger partial charge is 0.327 e. The molecule has 0 amide bonds. The molecule has 3 aromatic rings. The summed E-state index contributed by atoms with van der Waals surface area (Å²) >= 11 is 11.8. The molecule has 98 valence electrons. The number of nitrogens with one attached hydrogen (secondary N) is 1. The van der Waals surface area contributed by atoms with Gasteiger partial charge in [-0.15, -0.1) is 0 Å². The van der Waals surface area contributed by atoms with E-state index in [2.05, 4.69) is 10.1 Å². The minimum atomic E-state index is 0.627. The average molecular weight is 293 g/mol. The van der Waals surface area contributed by atoms with Crippen molar-refractivity contribution in [3.63, 3.8) is 0 Å². The molecular weight excluding hydrogens is 280 g/mol. The molecule has 0 atom stereocenters. The number of para-hydroxylation sites is 1. The van der Waals surface area contributed by atoms with Crippen LogP contribution in [0.3, 0.4) is 0 Å². The Bertz CT molecular complexity index is 820. The van der Waals surface area contributed by atoms with Crippen molar-refractivity contribution in [2.24, 2.45) is 7.05 Å². The molecule has 0 bridgehead atoms. The van der Waals surface area contributed by atoms with Gasteiger partial charge in [-0.05, 0) is 37.7 Å². The zero-order valence-corrected chi connectivity index (χ0v) is 12.4. The number of hydrogen-bond acceptors (Lipinski definition) is 2. The van der Waals surface area contributed by atoms with Crippen molar-refractivity contribution < 1.29 is 0 Å². The van der Waals surface area contributed by atoms with E-state index in [1.54, 1.807) is 0 Å². The van der Waals surface area contributed by atoms with Gasteiger partial charge in [0.25, 0.3) is 0 Å². The van der Waals surface area contributed by atoms with E-state index in [9.17, 15) is 0 Å². The quantitative estimate of drug-likeness (QED) is 0.695. The van der Waals surface area contributed by atoms with Crippen LogP contribution in [0.1, 0.15) is 11.3 Å². The molecule has 0 saturated heterocycles. The van der Waals surface area contributed by atoms with Crippen molar-refractivity contribution in [2.75, 3.05) is 0 Å². The second kappa shape index (κ2) is 4.21. The van der Waals surface area contributed by atoms with Crippen LogP contribution in [0.5, 0.6) is 0 Å². The molecule has 0 radical (unpaired) electrons. The number of hydrogen-bond donors (Lipinski definition) is 1. The molecule has 0 unspecified atom stereocenters. The van der Waals surface area contributed by atoms with E-state index < -0.39 is 0 Å². The van der Waals surface area contributed by atoms with E-state index in [4.69, 9.17) is 23.8 Å². The minimum Gasteiger partial charge on any atom is -0.327 e. The van der Waals surface area contributed by atoms with Gasteiger partial charge in [0.2, 0.25) is 0 Å². The van der Waals surface area contributed by atoms with E-state index >= 15 is 0 Å². The zero-order chi connectivity index (χ0) is 13.7. The van der Waals surface area contributed by atoms with Gasteiger partial charge in [0.1, 0.15) is 5.52 Å². The summed E-state index contributed by atoms with van der Waals surface area (Å²) in [5.74, 6) is 0. The van der Waals surface area contributed by atoms with Gasteiger partial charge in [-0.2, -0.15) is 5.10 Å². The van der Waals surface area contributed by atoms with Gasteiger partial charge < -0.3 is 4.98 Å². The number of halogens is 1. The first kappa shape index (κ1) is 12.4. The zero-order valence-electron chi connectivity index (χ0n) is 10.9. The normalized spacial score (nSPS) is 11.4.